The second-order valence-electron chi connectivity index (χ2n) is 6.30. The zero-order valence-corrected chi connectivity index (χ0v) is 13.3. The molecule has 0 radical (unpaired) electrons. The van der Waals surface area contributed by atoms with Crippen molar-refractivity contribution in [1.29, 1.82) is 0 Å². The first-order chi connectivity index (χ1) is 10.2. The van der Waals surface area contributed by atoms with E-state index in [1.165, 1.54) is 18.4 Å². The topological polar surface area (TPSA) is 41.5 Å². The summed E-state index contributed by atoms with van der Waals surface area (Å²) in [5.74, 6) is 0.835. The summed E-state index contributed by atoms with van der Waals surface area (Å²) in [5.41, 5.74) is 2.38. The van der Waals surface area contributed by atoms with E-state index in [2.05, 4.69) is 31.3 Å². The predicted molar refractivity (Wildman–Crippen MR) is 87.7 cm³/mol. The second kappa shape index (κ2) is 8.40. The molecule has 1 unspecified atom stereocenters. The maximum atomic E-state index is 10.0. The van der Waals surface area contributed by atoms with E-state index < -0.39 is 6.10 Å². The fourth-order valence-electron chi connectivity index (χ4n) is 2.84. The molecule has 0 aliphatic heterocycles. The van der Waals surface area contributed by atoms with E-state index in [1.807, 2.05) is 12.1 Å². The van der Waals surface area contributed by atoms with Crippen LogP contribution in [0.3, 0.4) is 0 Å². The van der Waals surface area contributed by atoms with Crippen LogP contribution in [0.25, 0.3) is 0 Å². The van der Waals surface area contributed by atoms with Crippen molar-refractivity contribution in [3.8, 4) is 0 Å². The van der Waals surface area contributed by atoms with Gasteiger partial charge in [-0.25, -0.2) is 0 Å². The molecule has 0 amide bonds. The van der Waals surface area contributed by atoms with Gasteiger partial charge in [0.2, 0.25) is 0 Å². The molecule has 1 atom stereocenters. The van der Waals surface area contributed by atoms with Crippen molar-refractivity contribution in [1.82, 2.24) is 0 Å². The van der Waals surface area contributed by atoms with E-state index >= 15 is 0 Å². The number of benzene rings is 1. The maximum absolute atomic E-state index is 10.0. The van der Waals surface area contributed by atoms with E-state index in [9.17, 15) is 5.11 Å². The fourth-order valence-corrected chi connectivity index (χ4v) is 2.84. The SMILES string of the molecule is CCc1cccc(NCC(O)COC2CCC(C)CC2)c1. The lowest BCUT2D eigenvalue weighted by atomic mass is 9.89. The molecule has 1 aliphatic rings. The van der Waals surface area contributed by atoms with Gasteiger partial charge in [-0.05, 0) is 55.7 Å². The van der Waals surface area contributed by atoms with E-state index in [-0.39, 0.29) is 0 Å². The Balaban J connectivity index is 1.66. The highest BCUT2D eigenvalue weighted by Crippen LogP contribution is 2.25. The standard InChI is InChI=1S/C18H29NO2/c1-3-15-5-4-6-16(11-15)19-12-17(20)13-21-18-9-7-14(2)8-10-18/h4-6,11,14,17-20H,3,7-10,12-13H2,1-2H3. The van der Waals surface area contributed by atoms with Crippen molar-refractivity contribution in [2.75, 3.05) is 18.5 Å². The maximum Gasteiger partial charge on any atom is 0.0945 e. The highest BCUT2D eigenvalue weighted by atomic mass is 16.5. The molecule has 21 heavy (non-hydrogen) atoms. The average Bonchev–Trinajstić information content (AvgIpc) is 2.52. The molecular formula is C18H29NO2. The van der Waals surface area contributed by atoms with Gasteiger partial charge < -0.3 is 15.2 Å². The van der Waals surface area contributed by atoms with Gasteiger partial charge in [0, 0.05) is 12.2 Å². The number of nitrogens with one attached hydrogen (secondary N) is 1. The van der Waals surface area contributed by atoms with Crippen molar-refractivity contribution in [2.24, 2.45) is 5.92 Å². The number of ether oxygens (including phenoxy) is 1. The molecule has 0 spiro atoms. The molecule has 1 aromatic rings. The molecule has 1 fully saturated rings. The fraction of sp³-hybridized carbons (Fsp3) is 0.667. The van der Waals surface area contributed by atoms with Gasteiger partial charge >= 0.3 is 0 Å². The number of anilines is 1. The third-order valence-corrected chi connectivity index (χ3v) is 4.36. The Labute approximate surface area is 128 Å². The lowest BCUT2D eigenvalue weighted by molar-refractivity contribution is -0.0245. The van der Waals surface area contributed by atoms with Crippen LogP contribution in [-0.4, -0.2) is 30.5 Å². The molecule has 0 bridgehead atoms. The summed E-state index contributed by atoms with van der Waals surface area (Å²) in [6, 6.07) is 8.34. The van der Waals surface area contributed by atoms with Crippen LogP contribution >= 0.6 is 0 Å². The molecule has 1 aromatic carbocycles. The minimum Gasteiger partial charge on any atom is -0.389 e. The smallest absolute Gasteiger partial charge is 0.0945 e. The van der Waals surface area contributed by atoms with E-state index in [4.69, 9.17) is 4.74 Å². The molecule has 0 heterocycles. The van der Waals surface area contributed by atoms with E-state index in [0.29, 0.717) is 19.3 Å². The van der Waals surface area contributed by atoms with Gasteiger partial charge in [0.25, 0.3) is 0 Å². The molecule has 118 valence electrons. The Morgan fingerprint density at radius 1 is 1.29 bits per heavy atom. The first-order valence-electron chi connectivity index (χ1n) is 8.29. The van der Waals surface area contributed by atoms with Crippen molar-refractivity contribution < 1.29 is 9.84 Å². The molecular weight excluding hydrogens is 262 g/mol. The summed E-state index contributed by atoms with van der Waals surface area (Å²) in [6.45, 7) is 5.42. The summed E-state index contributed by atoms with van der Waals surface area (Å²) in [7, 11) is 0. The third-order valence-electron chi connectivity index (χ3n) is 4.36. The summed E-state index contributed by atoms with van der Waals surface area (Å²) in [4.78, 5) is 0. The highest BCUT2D eigenvalue weighted by Gasteiger charge is 2.19. The lowest BCUT2D eigenvalue weighted by Crippen LogP contribution is -2.29. The number of aliphatic hydroxyl groups excluding tert-OH is 1. The summed E-state index contributed by atoms with van der Waals surface area (Å²) < 4.78 is 5.84. The van der Waals surface area contributed by atoms with Gasteiger partial charge in [0.1, 0.15) is 0 Å². The van der Waals surface area contributed by atoms with Crippen LogP contribution in [0.15, 0.2) is 24.3 Å². The van der Waals surface area contributed by atoms with Gasteiger partial charge in [-0.3, -0.25) is 0 Å². The Hall–Kier alpha value is -1.06. The molecule has 0 aromatic heterocycles. The van der Waals surface area contributed by atoms with E-state index in [1.54, 1.807) is 0 Å². The van der Waals surface area contributed by atoms with Crippen molar-refractivity contribution in [3.63, 3.8) is 0 Å². The van der Waals surface area contributed by atoms with Gasteiger partial charge in [0.05, 0.1) is 18.8 Å². The van der Waals surface area contributed by atoms with Gasteiger partial charge in [-0.15, -0.1) is 0 Å². The Morgan fingerprint density at radius 3 is 2.76 bits per heavy atom. The molecule has 0 saturated heterocycles. The first-order valence-corrected chi connectivity index (χ1v) is 8.29. The molecule has 3 heteroatoms. The zero-order valence-electron chi connectivity index (χ0n) is 13.3. The van der Waals surface area contributed by atoms with Crippen LogP contribution < -0.4 is 5.32 Å². The predicted octanol–water partition coefficient (Wildman–Crippen LogP) is 3.62. The average molecular weight is 291 g/mol. The molecule has 1 saturated carbocycles. The molecule has 2 N–H and O–H groups in total. The lowest BCUT2D eigenvalue weighted by Gasteiger charge is -2.27. The van der Waals surface area contributed by atoms with Crippen LogP contribution in [0, 0.1) is 5.92 Å². The minimum atomic E-state index is -0.449. The Kier molecular flexibility index (Phi) is 6.52. The van der Waals surface area contributed by atoms with E-state index in [0.717, 1.165) is 30.9 Å². The van der Waals surface area contributed by atoms with Gasteiger partial charge in [-0.1, -0.05) is 26.0 Å². The van der Waals surface area contributed by atoms with Gasteiger partial charge in [-0.2, -0.15) is 0 Å². The van der Waals surface area contributed by atoms with Crippen LogP contribution in [0.4, 0.5) is 5.69 Å². The third kappa shape index (κ3) is 5.68. The molecule has 3 nitrogen and oxygen atoms in total. The molecule has 1 aliphatic carbocycles. The normalized spacial score (nSPS) is 23.8. The van der Waals surface area contributed by atoms with Crippen LogP contribution in [0.5, 0.6) is 0 Å². The highest BCUT2D eigenvalue weighted by molar-refractivity contribution is 5.45. The van der Waals surface area contributed by atoms with Crippen molar-refractivity contribution >= 4 is 5.69 Å². The number of aryl methyl sites for hydroxylation is 1. The summed E-state index contributed by atoms with van der Waals surface area (Å²) in [6.07, 6.45) is 5.71. The largest absolute Gasteiger partial charge is 0.389 e. The van der Waals surface area contributed by atoms with Crippen LogP contribution in [0.1, 0.15) is 45.1 Å². The quantitative estimate of drug-likeness (QED) is 0.806. The number of hydrogen-bond donors (Lipinski definition) is 2. The minimum absolute atomic E-state index is 0.347. The number of rotatable bonds is 7. The van der Waals surface area contributed by atoms with Gasteiger partial charge in [0.15, 0.2) is 0 Å². The Morgan fingerprint density at radius 2 is 2.05 bits per heavy atom. The Bertz CT molecular complexity index is 413. The monoisotopic (exact) mass is 291 g/mol. The van der Waals surface area contributed by atoms with Crippen LogP contribution in [-0.2, 0) is 11.2 Å². The zero-order chi connectivity index (χ0) is 15.1. The first kappa shape index (κ1) is 16.3. The summed E-state index contributed by atoms with van der Waals surface area (Å²) >= 11 is 0. The summed E-state index contributed by atoms with van der Waals surface area (Å²) in [5, 5.41) is 13.3. The van der Waals surface area contributed by atoms with Crippen molar-refractivity contribution in [2.45, 2.75) is 58.2 Å². The second-order valence-corrected chi connectivity index (χ2v) is 6.30. The number of hydrogen-bond acceptors (Lipinski definition) is 3. The van der Waals surface area contributed by atoms with Crippen molar-refractivity contribution in [3.05, 3.63) is 29.8 Å². The molecule has 2 rings (SSSR count). The number of aliphatic hydroxyl groups is 1. The van der Waals surface area contributed by atoms with Crippen LogP contribution in [0.2, 0.25) is 0 Å².